The lowest BCUT2D eigenvalue weighted by Gasteiger charge is -2.40. The number of hydrogen-bond donors (Lipinski definition) is 2. The molecule has 4 aromatic rings. The van der Waals surface area contributed by atoms with Gasteiger partial charge in [-0.3, -0.25) is 4.79 Å². The van der Waals surface area contributed by atoms with Gasteiger partial charge in [0.15, 0.2) is 0 Å². The average molecular weight is 545 g/mol. The van der Waals surface area contributed by atoms with Crippen LogP contribution >= 0.6 is 0 Å². The van der Waals surface area contributed by atoms with Crippen LogP contribution < -0.4 is 20.7 Å². The van der Waals surface area contributed by atoms with E-state index >= 15 is 0 Å². The topological polar surface area (TPSA) is 112 Å². The molecule has 9 heteroatoms. The van der Waals surface area contributed by atoms with Crippen molar-refractivity contribution in [1.82, 2.24) is 9.55 Å². The Hall–Kier alpha value is -4.18. The maximum Gasteiger partial charge on any atom is 0.330 e. The van der Waals surface area contributed by atoms with E-state index in [1.54, 1.807) is 14.2 Å². The second-order valence-corrected chi connectivity index (χ2v) is 9.58. The van der Waals surface area contributed by atoms with Gasteiger partial charge in [0.1, 0.15) is 29.4 Å². The molecule has 2 N–H and O–H groups in total. The maximum absolute atomic E-state index is 12.5. The van der Waals surface area contributed by atoms with E-state index in [1.807, 2.05) is 78.9 Å². The number of hydrogen-bond acceptors (Lipinski definition) is 7. The summed E-state index contributed by atoms with van der Waals surface area (Å²) < 4.78 is 24.8. The Bertz CT molecular complexity index is 1440. The molecule has 1 aliphatic rings. The van der Waals surface area contributed by atoms with Gasteiger partial charge in [-0.1, -0.05) is 54.6 Å². The van der Waals surface area contributed by atoms with Gasteiger partial charge in [0.25, 0.3) is 5.56 Å². The van der Waals surface area contributed by atoms with Crippen molar-refractivity contribution < 1.29 is 24.1 Å². The fraction of sp³-hybridized carbons (Fsp3) is 0.290. The summed E-state index contributed by atoms with van der Waals surface area (Å²) in [6.45, 7) is -0.0237. The normalized spacial score (nSPS) is 19.2. The molecule has 0 saturated carbocycles. The molecule has 40 heavy (non-hydrogen) atoms. The number of H-pyrrole nitrogens is 1. The van der Waals surface area contributed by atoms with Crippen molar-refractivity contribution >= 4 is 0 Å². The minimum Gasteiger partial charge on any atom is -0.497 e. The molecule has 0 bridgehead atoms. The first-order valence-electron chi connectivity index (χ1n) is 13.1. The standard InChI is InChI=1S/C31H32N2O7/c1-37-24-12-8-22(9-13-24)31(21-6-4-3-5-7-21,23-10-14-25(38-2)15-11-23)39-20-27-26(34)16-17-29(40-27)33-28(35)18-19-32-30(33)36/h3-15,18-19,26-27,29,34H,16-17,20H2,1-2H3,(H,32,36)/t26-,27+,29-/m0/s1. The van der Waals surface area contributed by atoms with Crippen LogP contribution in [0.15, 0.2) is 101 Å². The van der Waals surface area contributed by atoms with Crippen molar-refractivity contribution in [3.63, 3.8) is 0 Å². The zero-order chi connectivity index (χ0) is 28.1. The molecule has 3 aromatic carbocycles. The number of rotatable bonds is 9. The predicted molar refractivity (Wildman–Crippen MR) is 149 cm³/mol. The van der Waals surface area contributed by atoms with Crippen LogP contribution in [0.4, 0.5) is 0 Å². The lowest BCUT2D eigenvalue weighted by molar-refractivity contribution is -0.180. The first-order valence-corrected chi connectivity index (χ1v) is 13.1. The van der Waals surface area contributed by atoms with Gasteiger partial charge in [-0.15, -0.1) is 0 Å². The summed E-state index contributed by atoms with van der Waals surface area (Å²) in [5.41, 5.74) is 0.396. The second kappa shape index (κ2) is 11.9. The van der Waals surface area contributed by atoms with Gasteiger partial charge < -0.3 is 29.0 Å². The first-order chi connectivity index (χ1) is 19.5. The Balaban J connectivity index is 1.56. The molecule has 0 unspecified atom stereocenters. The molecule has 1 aliphatic heterocycles. The quantitative estimate of drug-likeness (QED) is 0.310. The fourth-order valence-electron chi connectivity index (χ4n) is 5.19. The molecule has 1 saturated heterocycles. The highest BCUT2D eigenvalue weighted by atomic mass is 16.6. The van der Waals surface area contributed by atoms with Gasteiger partial charge in [0, 0.05) is 12.3 Å². The summed E-state index contributed by atoms with van der Waals surface area (Å²) in [5, 5.41) is 10.9. The number of benzene rings is 3. The summed E-state index contributed by atoms with van der Waals surface area (Å²) in [5.74, 6) is 1.40. The van der Waals surface area contributed by atoms with E-state index in [4.69, 9.17) is 18.9 Å². The van der Waals surface area contributed by atoms with Gasteiger partial charge in [0.2, 0.25) is 0 Å². The van der Waals surface area contributed by atoms with Gasteiger partial charge in [-0.2, -0.15) is 0 Å². The first kappa shape index (κ1) is 27.4. The maximum atomic E-state index is 12.5. The van der Waals surface area contributed by atoms with Crippen molar-refractivity contribution in [3.8, 4) is 11.5 Å². The van der Waals surface area contributed by atoms with E-state index in [0.29, 0.717) is 24.3 Å². The number of aliphatic hydroxyl groups excluding tert-OH is 1. The number of nitrogens with zero attached hydrogens (tertiary/aromatic N) is 1. The van der Waals surface area contributed by atoms with Crippen LogP contribution in [0.1, 0.15) is 35.8 Å². The van der Waals surface area contributed by atoms with Crippen LogP contribution in [0, 0.1) is 0 Å². The van der Waals surface area contributed by atoms with E-state index in [0.717, 1.165) is 21.3 Å². The third-order valence-corrected chi connectivity index (χ3v) is 7.28. The molecule has 1 fully saturated rings. The molecule has 0 aliphatic carbocycles. The van der Waals surface area contributed by atoms with Crippen LogP contribution in [-0.4, -0.2) is 47.7 Å². The average Bonchev–Trinajstić information content (AvgIpc) is 3.00. The Labute approximate surface area is 231 Å². The van der Waals surface area contributed by atoms with Crippen LogP contribution in [0.5, 0.6) is 11.5 Å². The number of nitrogens with one attached hydrogen (secondary N) is 1. The second-order valence-electron chi connectivity index (χ2n) is 9.58. The molecule has 0 spiro atoms. The Morgan fingerprint density at radius 1 is 0.850 bits per heavy atom. The highest BCUT2D eigenvalue weighted by Gasteiger charge is 2.41. The number of aromatic nitrogens is 2. The molecular weight excluding hydrogens is 512 g/mol. The molecule has 3 atom stereocenters. The lowest BCUT2D eigenvalue weighted by atomic mass is 9.80. The van der Waals surface area contributed by atoms with Crippen molar-refractivity contribution in [2.24, 2.45) is 0 Å². The van der Waals surface area contributed by atoms with Crippen molar-refractivity contribution in [2.75, 3.05) is 20.8 Å². The van der Waals surface area contributed by atoms with Gasteiger partial charge in [-0.05, 0) is 53.8 Å². The minimum absolute atomic E-state index is 0.0237. The summed E-state index contributed by atoms with van der Waals surface area (Å²) in [7, 11) is 3.22. The van der Waals surface area contributed by atoms with Crippen molar-refractivity contribution in [1.29, 1.82) is 0 Å². The highest BCUT2D eigenvalue weighted by molar-refractivity contribution is 5.49. The Morgan fingerprint density at radius 2 is 1.43 bits per heavy atom. The van der Waals surface area contributed by atoms with E-state index in [1.165, 1.54) is 12.3 Å². The largest absolute Gasteiger partial charge is 0.497 e. The number of ether oxygens (including phenoxy) is 4. The molecule has 2 heterocycles. The minimum atomic E-state index is -1.10. The van der Waals surface area contributed by atoms with E-state index in [9.17, 15) is 14.7 Å². The molecule has 1 aromatic heterocycles. The number of aromatic amines is 1. The zero-order valence-corrected chi connectivity index (χ0v) is 22.4. The van der Waals surface area contributed by atoms with Crippen molar-refractivity contribution in [3.05, 3.63) is 129 Å². The fourth-order valence-corrected chi connectivity index (χ4v) is 5.19. The molecule has 0 radical (unpaired) electrons. The summed E-state index contributed by atoms with van der Waals surface area (Å²) in [6, 6.07) is 26.3. The van der Waals surface area contributed by atoms with E-state index in [2.05, 4.69) is 4.98 Å². The molecule has 5 rings (SSSR count). The summed E-state index contributed by atoms with van der Waals surface area (Å²) in [6.07, 6.45) is -0.534. The smallest absolute Gasteiger partial charge is 0.330 e. The van der Waals surface area contributed by atoms with Crippen LogP contribution in [0.3, 0.4) is 0 Å². The predicted octanol–water partition coefficient (Wildman–Crippen LogP) is 3.60. The van der Waals surface area contributed by atoms with Gasteiger partial charge in [-0.25, -0.2) is 9.36 Å². The Morgan fingerprint density at radius 3 is 1.98 bits per heavy atom. The van der Waals surface area contributed by atoms with E-state index in [-0.39, 0.29) is 6.61 Å². The summed E-state index contributed by atoms with van der Waals surface area (Å²) in [4.78, 5) is 27.4. The van der Waals surface area contributed by atoms with E-state index < -0.39 is 35.3 Å². The number of methoxy groups -OCH3 is 2. The third-order valence-electron chi connectivity index (χ3n) is 7.28. The monoisotopic (exact) mass is 544 g/mol. The van der Waals surface area contributed by atoms with Crippen molar-refractivity contribution in [2.45, 2.75) is 36.9 Å². The van der Waals surface area contributed by atoms with Gasteiger partial charge in [0.05, 0.1) is 26.9 Å². The van der Waals surface area contributed by atoms with Crippen LogP contribution in [-0.2, 0) is 15.1 Å². The SMILES string of the molecule is COc1ccc(C(OC[C@H]2O[C@H](n3c(=O)cc[nH]c3=O)CC[C@@H]2O)(c2ccccc2)c2ccc(OC)cc2)cc1. The molecule has 0 amide bonds. The molecule has 208 valence electrons. The molecular formula is C31H32N2O7. The molecule has 9 nitrogen and oxygen atoms in total. The highest BCUT2D eigenvalue weighted by Crippen LogP contribution is 2.42. The van der Waals surface area contributed by atoms with Crippen LogP contribution in [0.25, 0.3) is 0 Å². The van der Waals surface area contributed by atoms with Crippen LogP contribution in [0.2, 0.25) is 0 Å². The zero-order valence-electron chi connectivity index (χ0n) is 22.4. The third kappa shape index (κ3) is 5.31. The Kier molecular flexibility index (Phi) is 8.16. The van der Waals surface area contributed by atoms with Gasteiger partial charge >= 0.3 is 5.69 Å². The summed E-state index contributed by atoms with van der Waals surface area (Å²) >= 11 is 0. The number of aliphatic hydroxyl groups is 1. The lowest BCUT2D eigenvalue weighted by Crippen LogP contribution is -2.47.